The molecule has 4 rings (SSSR count). The maximum absolute atomic E-state index is 12.5. The first-order chi connectivity index (χ1) is 8.20. The molecule has 96 valence electrons. The highest BCUT2D eigenvalue weighted by molar-refractivity contribution is 5.86. The van der Waals surface area contributed by atoms with Gasteiger partial charge in [-0.05, 0) is 25.9 Å². The standard InChI is InChI=1S/C12H21N3O2/c16-11(15-7-3-13-4-8-15)12(17)9-14-5-1-10(12)2-6-14/h10,13,17H,1-9H2. The first-order valence-electron chi connectivity index (χ1n) is 6.65. The van der Waals surface area contributed by atoms with Crippen molar-refractivity contribution in [2.75, 3.05) is 45.8 Å². The molecule has 0 spiro atoms. The van der Waals surface area contributed by atoms with Crippen LogP contribution in [0, 0.1) is 5.92 Å². The molecule has 4 fully saturated rings. The quantitative estimate of drug-likeness (QED) is 0.608. The summed E-state index contributed by atoms with van der Waals surface area (Å²) in [5.41, 5.74) is -1.10. The van der Waals surface area contributed by atoms with E-state index >= 15 is 0 Å². The predicted molar refractivity (Wildman–Crippen MR) is 63.6 cm³/mol. The average molecular weight is 239 g/mol. The van der Waals surface area contributed by atoms with E-state index in [1.165, 1.54) is 0 Å². The molecule has 4 aliphatic rings. The molecule has 0 saturated carbocycles. The lowest BCUT2D eigenvalue weighted by molar-refractivity contribution is -0.173. The Bertz CT molecular complexity index is 309. The molecular weight excluding hydrogens is 218 g/mol. The minimum Gasteiger partial charge on any atom is -0.378 e. The van der Waals surface area contributed by atoms with E-state index in [4.69, 9.17) is 0 Å². The van der Waals surface area contributed by atoms with Gasteiger partial charge in [-0.2, -0.15) is 0 Å². The Hall–Kier alpha value is -0.650. The minimum absolute atomic E-state index is 0.0339. The van der Waals surface area contributed by atoms with Crippen LogP contribution in [0.4, 0.5) is 0 Å². The summed E-state index contributed by atoms with van der Waals surface area (Å²) in [7, 11) is 0. The van der Waals surface area contributed by atoms with E-state index in [1.54, 1.807) is 0 Å². The summed E-state index contributed by atoms with van der Waals surface area (Å²) in [6.45, 7) is 5.78. The van der Waals surface area contributed by atoms with Gasteiger partial charge in [0.2, 0.25) is 0 Å². The molecule has 4 aliphatic heterocycles. The fourth-order valence-corrected chi connectivity index (χ4v) is 3.42. The minimum atomic E-state index is -1.10. The fraction of sp³-hybridized carbons (Fsp3) is 0.917. The van der Waals surface area contributed by atoms with Gasteiger partial charge in [-0.25, -0.2) is 0 Å². The number of hydrogen-bond donors (Lipinski definition) is 2. The van der Waals surface area contributed by atoms with Crippen molar-refractivity contribution in [2.45, 2.75) is 18.4 Å². The summed E-state index contributed by atoms with van der Waals surface area (Å²) in [6.07, 6.45) is 1.93. The van der Waals surface area contributed by atoms with Crippen LogP contribution in [0.25, 0.3) is 0 Å². The van der Waals surface area contributed by atoms with Gasteiger partial charge in [0, 0.05) is 38.6 Å². The Morgan fingerprint density at radius 2 is 1.82 bits per heavy atom. The molecule has 0 aliphatic carbocycles. The largest absolute Gasteiger partial charge is 0.378 e. The monoisotopic (exact) mass is 239 g/mol. The van der Waals surface area contributed by atoms with Crippen molar-refractivity contribution in [3.8, 4) is 0 Å². The molecule has 17 heavy (non-hydrogen) atoms. The third kappa shape index (κ3) is 1.86. The molecule has 2 bridgehead atoms. The van der Waals surface area contributed by atoms with Crippen LogP contribution in [0.15, 0.2) is 0 Å². The van der Waals surface area contributed by atoms with Crippen LogP contribution in [0.2, 0.25) is 0 Å². The number of carbonyl (C=O) groups is 1. The van der Waals surface area contributed by atoms with E-state index in [0.717, 1.165) is 52.1 Å². The van der Waals surface area contributed by atoms with Crippen LogP contribution >= 0.6 is 0 Å². The van der Waals surface area contributed by atoms with Crippen LogP contribution in [-0.4, -0.2) is 72.2 Å². The van der Waals surface area contributed by atoms with Crippen LogP contribution < -0.4 is 5.32 Å². The Morgan fingerprint density at radius 1 is 1.18 bits per heavy atom. The molecule has 5 heteroatoms. The first-order valence-corrected chi connectivity index (χ1v) is 6.65. The molecular formula is C12H21N3O2. The van der Waals surface area contributed by atoms with Crippen LogP contribution in [-0.2, 0) is 4.79 Å². The first kappa shape index (κ1) is 11.4. The predicted octanol–water partition coefficient (Wildman–Crippen LogP) is -1.13. The highest BCUT2D eigenvalue weighted by Gasteiger charge is 2.52. The van der Waals surface area contributed by atoms with Gasteiger partial charge < -0.3 is 15.3 Å². The van der Waals surface area contributed by atoms with E-state index < -0.39 is 5.60 Å². The van der Waals surface area contributed by atoms with E-state index in [9.17, 15) is 9.90 Å². The fourth-order valence-electron chi connectivity index (χ4n) is 3.42. The van der Waals surface area contributed by atoms with Gasteiger partial charge in [0.1, 0.15) is 0 Å². The summed E-state index contributed by atoms with van der Waals surface area (Å²) in [4.78, 5) is 16.5. The maximum atomic E-state index is 12.5. The summed E-state index contributed by atoms with van der Waals surface area (Å²) in [5, 5.41) is 14.0. The van der Waals surface area contributed by atoms with Crippen molar-refractivity contribution in [3.63, 3.8) is 0 Å². The van der Waals surface area contributed by atoms with Gasteiger partial charge in [-0.3, -0.25) is 9.69 Å². The summed E-state index contributed by atoms with van der Waals surface area (Å²) in [6, 6.07) is 0. The summed E-state index contributed by atoms with van der Waals surface area (Å²) < 4.78 is 0. The SMILES string of the molecule is O=C(N1CCNCC1)C1(O)CN2CCC1CC2. The number of nitrogens with zero attached hydrogens (tertiary/aromatic N) is 2. The van der Waals surface area contributed by atoms with Gasteiger partial charge in [-0.15, -0.1) is 0 Å². The molecule has 2 N–H and O–H groups in total. The molecule has 1 atom stereocenters. The maximum Gasteiger partial charge on any atom is 0.256 e. The van der Waals surface area contributed by atoms with Crippen LogP contribution in [0.1, 0.15) is 12.8 Å². The zero-order chi connectivity index (χ0) is 11.9. The van der Waals surface area contributed by atoms with Crippen LogP contribution in [0.3, 0.4) is 0 Å². The van der Waals surface area contributed by atoms with E-state index in [1.807, 2.05) is 4.90 Å². The highest BCUT2D eigenvalue weighted by atomic mass is 16.3. The van der Waals surface area contributed by atoms with Crippen molar-refractivity contribution in [2.24, 2.45) is 5.92 Å². The second kappa shape index (κ2) is 4.23. The molecule has 0 aromatic carbocycles. The number of hydrogen-bond acceptors (Lipinski definition) is 4. The lowest BCUT2D eigenvalue weighted by Crippen LogP contribution is -2.67. The molecule has 0 radical (unpaired) electrons. The van der Waals surface area contributed by atoms with Crippen molar-refractivity contribution >= 4 is 5.91 Å². The molecule has 0 aromatic rings. The normalized spacial score (nSPS) is 41.6. The molecule has 1 amide bonds. The molecule has 5 nitrogen and oxygen atoms in total. The van der Waals surface area contributed by atoms with Crippen molar-refractivity contribution in [3.05, 3.63) is 0 Å². The Balaban J connectivity index is 1.75. The highest BCUT2D eigenvalue weighted by Crippen LogP contribution is 2.36. The van der Waals surface area contributed by atoms with Gasteiger partial charge in [0.25, 0.3) is 5.91 Å². The van der Waals surface area contributed by atoms with E-state index in [2.05, 4.69) is 10.2 Å². The molecule has 4 saturated heterocycles. The Morgan fingerprint density at radius 3 is 2.35 bits per heavy atom. The average Bonchev–Trinajstić information content (AvgIpc) is 2.40. The van der Waals surface area contributed by atoms with Gasteiger partial charge in [0.15, 0.2) is 5.60 Å². The Labute approximate surface area is 102 Å². The number of amides is 1. The zero-order valence-corrected chi connectivity index (χ0v) is 10.2. The van der Waals surface area contributed by atoms with Gasteiger partial charge in [-0.1, -0.05) is 0 Å². The number of piperazine rings is 1. The third-order valence-corrected chi connectivity index (χ3v) is 4.50. The van der Waals surface area contributed by atoms with Crippen molar-refractivity contribution < 1.29 is 9.90 Å². The van der Waals surface area contributed by atoms with Crippen LogP contribution in [0.5, 0.6) is 0 Å². The van der Waals surface area contributed by atoms with Crippen molar-refractivity contribution in [1.29, 1.82) is 0 Å². The lowest BCUT2D eigenvalue weighted by Gasteiger charge is -2.50. The van der Waals surface area contributed by atoms with Crippen molar-refractivity contribution in [1.82, 2.24) is 15.1 Å². The number of nitrogens with one attached hydrogen (secondary N) is 1. The van der Waals surface area contributed by atoms with E-state index in [0.29, 0.717) is 6.54 Å². The number of piperidine rings is 3. The molecule has 1 unspecified atom stereocenters. The molecule has 0 aromatic heterocycles. The van der Waals surface area contributed by atoms with Gasteiger partial charge >= 0.3 is 0 Å². The number of rotatable bonds is 1. The topological polar surface area (TPSA) is 55.8 Å². The van der Waals surface area contributed by atoms with E-state index in [-0.39, 0.29) is 11.8 Å². The zero-order valence-electron chi connectivity index (χ0n) is 10.2. The molecule has 4 heterocycles. The Kier molecular flexibility index (Phi) is 2.84. The number of aliphatic hydroxyl groups is 1. The second-order valence-electron chi connectivity index (χ2n) is 5.52. The smallest absolute Gasteiger partial charge is 0.256 e. The summed E-state index contributed by atoms with van der Waals surface area (Å²) >= 11 is 0. The third-order valence-electron chi connectivity index (χ3n) is 4.50. The number of fused-ring (bicyclic) bond motifs is 3. The second-order valence-corrected chi connectivity index (χ2v) is 5.52. The number of carbonyl (C=O) groups excluding carboxylic acids is 1. The van der Waals surface area contributed by atoms with Gasteiger partial charge in [0.05, 0.1) is 0 Å². The lowest BCUT2D eigenvalue weighted by atomic mass is 9.74. The summed E-state index contributed by atoms with van der Waals surface area (Å²) in [5.74, 6) is 0.142.